The van der Waals surface area contributed by atoms with Crippen molar-refractivity contribution in [3.63, 3.8) is 0 Å². The van der Waals surface area contributed by atoms with Crippen LogP contribution in [-0.2, 0) is 34.2 Å². The van der Waals surface area contributed by atoms with Crippen LogP contribution in [0.3, 0.4) is 0 Å². The zero-order valence-electron chi connectivity index (χ0n) is 17.8. The Balaban J connectivity index is 1.79. The number of methoxy groups -OCH3 is 1. The molecule has 29 heavy (non-hydrogen) atoms. The smallest absolute Gasteiger partial charge is 0.228 e. The lowest BCUT2D eigenvalue weighted by Crippen LogP contribution is -2.25. The maximum Gasteiger partial charge on any atom is 0.228 e. The average molecular weight is 420 g/mol. The normalized spacial score (nSPS) is 15.4. The van der Waals surface area contributed by atoms with Gasteiger partial charge in [0.1, 0.15) is 0 Å². The van der Waals surface area contributed by atoms with Crippen LogP contribution in [0.5, 0.6) is 0 Å². The molecule has 0 unspecified atom stereocenters. The largest absolute Gasteiger partial charge is 0.385 e. The summed E-state index contributed by atoms with van der Waals surface area (Å²) in [5, 5.41) is -0.0524. The average Bonchev–Trinajstić information content (AvgIpc) is 3.35. The molecular weight excluding hydrogens is 386 g/mol. The van der Waals surface area contributed by atoms with Crippen LogP contribution in [0.15, 0.2) is 35.6 Å². The van der Waals surface area contributed by atoms with Crippen LogP contribution in [0.4, 0.5) is 0 Å². The van der Waals surface area contributed by atoms with Gasteiger partial charge in [-0.2, -0.15) is 0 Å². The van der Waals surface area contributed by atoms with Crippen molar-refractivity contribution in [2.45, 2.75) is 69.1 Å². The Bertz CT molecular complexity index is 885. The quantitative estimate of drug-likeness (QED) is 0.551. The fourth-order valence-corrected chi connectivity index (χ4v) is 6.00. The van der Waals surface area contributed by atoms with Crippen molar-refractivity contribution in [1.82, 2.24) is 14.5 Å². The highest BCUT2D eigenvalue weighted by Gasteiger charge is 2.34. The van der Waals surface area contributed by atoms with E-state index in [0.717, 1.165) is 44.3 Å². The first-order valence-corrected chi connectivity index (χ1v) is 12.0. The molecule has 1 aromatic heterocycles. The summed E-state index contributed by atoms with van der Waals surface area (Å²) in [5.74, 6) is 0. The van der Waals surface area contributed by atoms with Gasteiger partial charge in [-0.05, 0) is 38.8 Å². The standard InChI is InChI=1S/C22H33N3O3S/c1-18-9-11-19(12-10-18)16-24(2)17-20-15-23-22(25(20)13-6-14-28-3)29(26,27)21-7-4-5-8-21/h9-12,15,21H,4-8,13-14,16-17H2,1-3H3. The molecular formula is C22H33N3O3S. The lowest BCUT2D eigenvalue weighted by Gasteiger charge is -2.19. The molecule has 6 nitrogen and oxygen atoms in total. The maximum absolute atomic E-state index is 13.2. The predicted molar refractivity (Wildman–Crippen MR) is 115 cm³/mol. The van der Waals surface area contributed by atoms with Gasteiger partial charge in [-0.1, -0.05) is 42.7 Å². The van der Waals surface area contributed by atoms with Crippen molar-refractivity contribution in [2.75, 3.05) is 20.8 Å². The number of hydrogen-bond acceptors (Lipinski definition) is 5. The number of sulfone groups is 1. The van der Waals surface area contributed by atoms with Crippen LogP contribution in [-0.4, -0.2) is 48.9 Å². The number of aromatic nitrogens is 2. The molecule has 0 spiro atoms. The van der Waals surface area contributed by atoms with E-state index in [4.69, 9.17) is 4.74 Å². The molecule has 2 aromatic rings. The number of nitrogens with zero attached hydrogens (tertiary/aromatic N) is 3. The van der Waals surface area contributed by atoms with Gasteiger partial charge in [-0.3, -0.25) is 4.90 Å². The number of benzene rings is 1. The maximum atomic E-state index is 13.2. The van der Waals surface area contributed by atoms with E-state index in [0.29, 0.717) is 19.7 Å². The van der Waals surface area contributed by atoms with Crippen LogP contribution in [0.1, 0.15) is 48.9 Å². The summed E-state index contributed by atoms with van der Waals surface area (Å²) < 4.78 is 33.4. The summed E-state index contributed by atoms with van der Waals surface area (Å²) in [6.45, 7) is 4.73. The minimum absolute atomic E-state index is 0.235. The molecule has 0 bridgehead atoms. The molecule has 0 atom stereocenters. The van der Waals surface area contributed by atoms with E-state index in [1.807, 2.05) is 4.57 Å². The summed E-state index contributed by atoms with van der Waals surface area (Å²) in [7, 11) is 0.328. The molecule has 0 saturated heterocycles. The lowest BCUT2D eigenvalue weighted by atomic mass is 10.1. The van der Waals surface area contributed by atoms with Gasteiger partial charge in [-0.25, -0.2) is 13.4 Å². The Hall–Kier alpha value is -1.70. The molecule has 1 aromatic carbocycles. The van der Waals surface area contributed by atoms with Gasteiger partial charge in [0.2, 0.25) is 15.0 Å². The van der Waals surface area contributed by atoms with Gasteiger partial charge in [0.15, 0.2) is 0 Å². The van der Waals surface area contributed by atoms with Crippen molar-refractivity contribution in [2.24, 2.45) is 0 Å². The molecule has 0 radical (unpaired) electrons. The van der Waals surface area contributed by atoms with Crippen molar-refractivity contribution in [3.05, 3.63) is 47.3 Å². The van der Waals surface area contributed by atoms with Crippen molar-refractivity contribution >= 4 is 9.84 Å². The molecule has 7 heteroatoms. The van der Waals surface area contributed by atoms with Crippen molar-refractivity contribution in [1.29, 1.82) is 0 Å². The van der Waals surface area contributed by atoms with Gasteiger partial charge in [0, 0.05) is 33.4 Å². The number of aryl methyl sites for hydroxylation is 1. The summed E-state index contributed by atoms with van der Waals surface area (Å²) >= 11 is 0. The molecule has 1 aliphatic carbocycles. The highest BCUT2D eigenvalue weighted by atomic mass is 32.2. The van der Waals surface area contributed by atoms with Crippen LogP contribution in [0, 0.1) is 6.92 Å². The van der Waals surface area contributed by atoms with Crippen LogP contribution in [0.25, 0.3) is 0 Å². The van der Waals surface area contributed by atoms with Crippen molar-refractivity contribution in [3.8, 4) is 0 Å². The van der Waals surface area contributed by atoms with E-state index in [2.05, 4.69) is 48.1 Å². The lowest BCUT2D eigenvalue weighted by molar-refractivity contribution is 0.188. The van der Waals surface area contributed by atoms with Gasteiger partial charge >= 0.3 is 0 Å². The number of imidazole rings is 1. The van der Waals surface area contributed by atoms with Crippen molar-refractivity contribution < 1.29 is 13.2 Å². The number of ether oxygens (including phenoxy) is 1. The predicted octanol–water partition coefficient (Wildman–Crippen LogP) is 3.58. The fourth-order valence-electron chi connectivity index (χ4n) is 4.04. The highest BCUT2D eigenvalue weighted by molar-refractivity contribution is 7.91. The monoisotopic (exact) mass is 419 g/mol. The third-order valence-corrected chi connectivity index (χ3v) is 7.82. The van der Waals surface area contributed by atoms with E-state index < -0.39 is 9.84 Å². The summed E-state index contributed by atoms with van der Waals surface area (Å²) in [6, 6.07) is 8.50. The van der Waals surface area contributed by atoms with Gasteiger partial charge < -0.3 is 9.30 Å². The Labute approximate surface area is 174 Å². The zero-order chi connectivity index (χ0) is 20.9. The van der Waals surface area contributed by atoms with Gasteiger partial charge in [-0.15, -0.1) is 0 Å². The van der Waals surface area contributed by atoms with Gasteiger partial charge in [0.25, 0.3) is 0 Å². The molecule has 160 valence electrons. The molecule has 0 N–H and O–H groups in total. The SMILES string of the molecule is COCCCn1c(CN(C)Cc2ccc(C)cc2)cnc1S(=O)(=O)C1CCCC1. The van der Waals surface area contributed by atoms with E-state index in [9.17, 15) is 8.42 Å². The third kappa shape index (κ3) is 5.47. The molecule has 3 rings (SSSR count). The second-order valence-electron chi connectivity index (χ2n) is 8.14. The number of hydrogen-bond donors (Lipinski definition) is 0. The van der Waals surface area contributed by atoms with Crippen LogP contribution >= 0.6 is 0 Å². The van der Waals surface area contributed by atoms with Gasteiger partial charge in [0.05, 0.1) is 17.1 Å². The molecule has 0 amide bonds. The second kappa shape index (κ2) is 9.87. The highest BCUT2D eigenvalue weighted by Crippen LogP contribution is 2.30. The molecule has 1 fully saturated rings. The minimum atomic E-state index is -3.39. The second-order valence-corrected chi connectivity index (χ2v) is 10.3. The zero-order valence-corrected chi connectivity index (χ0v) is 18.6. The molecule has 0 aliphatic heterocycles. The Kier molecular flexibility index (Phi) is 7.49. The van der Waals surface area contributed by atoms with E-state index in [1.165, 1.54) is 11.1 Å². The van der Waals surface area contributed by atoms with E-state index in [-0.39, 0.29) is 10.4 Å². The molecule has 1 heterocycles. The van der Waals surface area contributed by atoms with Crippen LogP contribution < -0.4 is 0 Å². The first-order chi connectivity index (χ1) is 13.9. The summed E-state index contributed by atoms with van der Waals surface area (Å²) in [4.78, 5) is 6.59. The summed E-state index contributed by atoms with van der Waals surface area (Å²) in [5.41, 5.74) is 3.42. The topological polar surface area (TPSA) is 64.4 Å². The van der Waals surface area contributed by atoms with Crippen LogP contribution in [0.2, 0.25) is 0 Å². The Morgan fingerprint density at radius 2 is 1.86 bits per heavy atom. The minimum Gasteiger partial charge on any atom is -0.385 e. The first kappa shape index (κ1) is 22.0. The molecule has 1 saturated carbocycles. The number of rotatable bonds is 10. The summed E-state index contributed by atoms with van der Waals surface area (Å²) in [6.07, 6.45) is 5.96. The van der Waals surface area contributed by atoms with E-state index in [1.54, 1.807) is 13.3 Å². The van der Waals surface area contributed by atoms with E-state index >= 15 is 0 Å². The third-order valence-electron chi connectivity index (χ3n) is 5.63. The Morgan fingerprint density at radius 3 is 2.52 bits per heavy atom. The first-order valence-electron chi connectivity index (χ1n) is 10.4. The molecule has 1 aliphatic rings. The fraction of sp³-hybridized carbons (Fsp3) is 0.591. The Morgan fingerprint density at radius 1 is 1.17 bits per heavy atom.